The summed E-state index contributed by atoms with van der Waals surface area (Å²) in [5, 5.41) is 9.60. The molecule has 0 radical (unpaired) electrons. The Morgan fingerprint density at radius 1 is 1.27 bits per heavy atom. The van der Waals surface area contributed by atoms with Crippen molar-refractivity contribution in [1.82, 2.24) is 4.90 Å². The normalized spacial score (nSPS) is 41.7. The highest BCUT2D eigenvalue weighted by molar-refractivity contribution is 5.83. The van der Waals surface area contributed by atoms with Gasteiger partial charge in [0, 0.05) is 5.92 Å². The lowest BCUT2D eigenvalue weighted by Gasteiger charge is -2.44. The first-order valence-corrected chi connectivity index (χ1v) is 6.10. The number of hydrogen-bond donors (Lipinski definition) is 1. The average molecular weight is 209 g/mol. The molecule has 2 saturated carbocycles. The zero-order chi connectivity index (χ0) is 10.6. The third-order valence-corrected chi connectivity index (χ3v) is 4.32. The lowest BCUT2D eigenvalue weighted by Crippen LogP contribution is -2.62. The van der Waals surface area contributed by atoms with Crippen LogP contribution in [0.1, 0.15) is 32.6 Å². The van der Waals surface area contributed by atoms with Crippen LogP contribution in [0.4, 0.5) is 0 Å². The summed E-state index contributed by atoms with van der Waals surface area (Å²) < 4.78 is 0. The van der Waals surface area contributed by atoms with Crippen molar-refractivity contribution in [3.05, 3.63) is 0 Å². The molecule has 2 atom stereocenters. The maximum atomic E-state index is 12.1. The molecule has 3 nitrogen and oxygen atoms in total. The smallest absolute Gasteiger partial charge is 0.226 e. The molecule has 0 bridgehead atoms. The van der Waals surface area contributed by atoms with Crippen LogP contribution in [-0.4, -0.2) is 34.6 Å². The van der Waals surface area contributed by atoms with Gasteiger partial charge in [-0.2, -0.15) is 0 Å². The molecule has 3 heteroatoms. The Kier molecular flexibility index (Phi) is 1.91. The van der Waals surface area contributed by atoms with Gasteiger partial charge in [0.15, 0.2) is 0 Å². The van der Waals surface area contributed by atoms with Crippen LogP contribution in [0.5, 0.6) is 0 Å². The summed E-state index contributed by atoms with van der Waals surface area (Å²) in [6, 6.07) is 0. The lowest BCUT2D eigenvalue weighted by molar-refractivity contribution is -0.154. The first-order valence-electron chi connectivity index (χ1n) is 6.10. The van der Waals surface area contributed by atoms with Crippen LogP contribution in [0.2, 0.25) is 0 Å². The first kappa shape index (κ1) is 9.64. The van der Waals surface area contributed by atoms with Gasteiger partial charge in [-0.05, 0) is 31.6 Å². The number of amides is 1. The van der Waals surface area contributed by atoms with Crippen LogP contribution >= 0.6 is 0 Å². The van der Waals surface area contributed by atoms with Crippen molar-refractivity contribution in [2.75, 3.05) is 13.1 Å². The number of nitrogens with zero attached hydrogens (tertiary/aromatic N) is 1. The highest BCUT2D eigenvalue weighted by atomic mass is 16.3. The van der Waals surface area contributed by atoms with E-state index in [-0.39, 0.29) is 0 Å². The molecule has 0 aromatic carbocycles. The van der Waals surface area contributed by atoms with Gasteiger partial charge < -0.3 is 10.0 Å². The number of carbonyl (C=O) groups is 1. The first-order chi connectivity index (χ1) is 7.08. The van der Waals surface area contributed by atoms with Crippen LogP contribution in [-0.2, 0) is 4.79 Å². The number of β-amino-alcohol motifs (C(OH)–C–C–N with tert-alkyl or cyclic N) is 1. The van der Waals surface area contributed by atoms with Crippen molar-refractivity contribution < 1.29 is 9.90 Å². The standard InChI is InChI=1S/C12H19NO2/c1-12(15)6-13(7-12)11(14)10-8-4-2-3-5-9(8)10/h8-10,15H,2-7H2,1H3. The fourth-order valence-corrected chi connectivity index (χ4v) is 3.50. The van der Waals surface area contributed by atoms with Gasteiger partial charge in [0.2, 0.25) is 5.91 Å². The number of aliphatic hydroxyl groups is 1. The SMILES string of the molecule is CC1(O)CN(C(=O)C2C3CCCCC32)C1. The second-order valence-corrected chi connectivity index (χ2v) is 5.83. The number of carbonyl (C=O) groups excluding carboxylic acids is 1. The van der Waals surface area contributed by atoms with Crippen LogP contribution in [0.3, 0.4) is 0 Å². The van der Waals surface area contributed by atoms with E-state index in [0.29, 0.717) is 36.8 Å². The monoisotopic (exact) mass is 209 g/mol. The van der Waals surface area contributed by atoms with Gasteiger partial charge in [0.1, 0.15) is 0 Å². The van der Waals surface area contributed by atoms with E-state index in [2.05, 4.69) is 0 Å². The van der Waals surface area contributed by atoms with E-state index in [1.165, 1.54) is 25.7 Å². The zero-order valence-electron chi connectivity index (χ0n) is 9.28. The molecule has 1 aliphatic heterocycles. The second-order valence-electron chi connectivity index (χ2n) is 5.83. The topological polar surface area (TPSA) is 40.5 Å². The van der Waals surface area contributed by atoms with E-state index in [1.54, 1.807) is 6.92 Å². The number of rotatable bonds is 1. The summed E-state index contributed by atoms with van der Waals surface area (Å²) in [7, 11) is 0. The van der Waals surface area contributed by atoms with Crippen LogP contribution in [0.25, 0.3) is 0 Å². The zero-order valence-corrected chi connectivity index (χ0v) is 9.28. The van der Waals surface area contributed by atoms with Gasteiger partial charge in [-0.15, -0.1) is 0 Å². The third kappa shape index (κ3) is 1.48. The Bertz CT molecular complexity index is 280. The molecule has 3 aliphatic rings. The Morgan fingerprint density at radius 3 is 2.27 bits per heavy atom. The minimum absolute atomic E-state index is 0.318. The van der Waals surface area contributed by atoms with Gasteiger partial charge in [-0.3, -0.25) is 4.79 Å². The Labute approximate surface area is 90.5 Å². The van der Waals surface area contributed by atoms with Crippen molar-refractivity contribution in [2.45, 2.75) is 38.2 Å². The summed E-state index contributed by atoms with van der Waals surface area (Å²) in [4.78, 5) is 13.9. The minimum Gasteiger partial charge on any atom is -0.386 e. The summed E-state index contributed by atoms with van der Waals surface area (Å²) in [5.74, 6) is 2.02. The summed E-state index contributed by atoms with van der Waals surface area (Å²) in [5.41, 5.74) is -0.615. The van der Waals surface area contributed by atoms with Crippen molar-refractivity contribution in [1.29, 1.82) is 0 Å². The number of hydrogen-bond acceptors (Lipinski definition) is 2. The Hall–Kier alpha value is -0.570. The molecule has 3 rings (SSSR count). The van der Waals surface area contributed by atoms with Gasteiger partial charge in [-0.25, -0.2) is 0 Å². The van der Waals surface area contributed by atoms with E-state index >= 15 is 0 Å². The van der Waals surface area contributed by atoms with Gasteiger partial charge >= 0.3 is 0 Å². The third-order valence-electron chi connectivity index (χ3n) is 4.32. The molecule has 2 aliphatic carbocycles. The summed E-state index contributed by atoms with van der Waals surface area (Å²) in [6.45, 7) is 2.89. The number of fused-ring (bicyclic) bond motifs is 1. The predicted octanol–water partition coefficient (Wildman–Crippen LogP) is 1.02. The van der Waals surface area contributed by atoms with Gasteiger partial charge in [-0.1, -0.05) is 12.8 Å². The van der Waals surface area contributed by atoms with Crippen LogP contribution in [0.15, 0.2) is 0 Å². The lowest BCUT2D eigenvalue weighted by atomic mass is 9.96. The van der Waals surface area contributed by atoms with Crippen molar-refractivity contribution >= 4 is 5.91 Å². The molecule has 15 heavy (non-hydrogen) atoms. The summed E-state index contributed by atoms with van der Waals surface area (Å²) in [6.07, 6.45) is 5.13. The second kappa shape index (κ2) is 2.97. The molecule has 1 saturated heterocycles. The van der Waals surface area contributed by atoms with Crippen LogP contribution in [0, 0.1) is 17.8 Å². The molecule has 0 aromatic rings. The van der Waals surface area contributed by atoms with E-state index in [0.717, 1.165) is 0 Å². The molecule has 1 N–H and O–H groups in total. The predicted molar refractivity (Wildman–Crippen MR) is 56.1 cm³/mol. The molecule has 2 unspecified atom stereocenters. The van der Waals surface area contributed by atoms with E-state index in [4.69, 9.17) is 0 Å². The van der Waals surface area contributed by atoms with E-state index < -0.39 is 5.60 Å². The molecule has 0 aromatic heterocycles. The fraction of sp³-hybridized carbons (Fsp3) is 0.917. The quantitative estimate of drug-likeness (QED) is 0.700. The molecule has 0 spiro atoms. The Morgan fingerprint density at radius 2 is 1.80 bits per heavy atom. The molecule has 3 fully saturated rings. The van der Waals surface area contributed by atoms with E-state index in [1.807, 2.05) is 4.90 Å². The largest absolute Gasteiger partial charge is 0.386 e. The average Bonchev–Trinajstić information content (AvgIpc) is 2.87. The fourth-order valence-electron chi connectivity index (χ4n) is 3.50. The molecular formula is C12H19NO2. The van der Waals surface area contributed by atoms with Crippen LogP contribution < -0.4 is 0 Å². The summed E-state index contributed by atoms with van der Waals surface area (Å²) >= 11 is 0. The van der Waals surface area contributed by atoms with Crippen molar-refractivity contribution in [3.63, 3.8) is 0 Å². The molecule has 1 heterocycles. The maximum absolute atomic E-state index is 12.1. The molecule has 84 valence electrons. The van der Waals surface area contributed by atoms with E-state index in [9.17, 15) is 9.90 Å². The van der Waals surface area contributed by atoms with Crippen molar-refractivity contribution in [3.8, 4) is 0 Å². The minimum atomic E-state index is -0.615. The van der Waals surface area contributed by atoms with Gasteiger partial charge in [0.05, 0.1) is 18.7 Å². The van der Waals surface area contributed by atoms with Crippen molar-refractivity contribution in [2.24, 2.45) is 17.8 Å². The maximum Gasteiger partial charge on any atom is 0.226 e. The highest BCUT2D eigenvalue weighted by Gasteiger charge is 2.57. The number of likely N-dealkylation sites (tertiary alicyclic amines) is 1. The highest BCUT2D eigenvalue weighted by Crippen LogP contribution is 2.56. The molecular weight excluding hydrogens is 190 g/mol. The van der Waals surface area contributed by atoms with Gasteiger partial charge in [0.25, 0.3) is 0 Å². The Balaban J connectivity index is 1.59. The molecule has 1 amide bonds.